The fourth-order valence-corrected chi connectivity index (χ4v) is 5.31. The second kappa shape index (κ2) is 8.33. The van der Waals surface area contributed by atoms with Crippen LogP contribution in [0.4, 0.5) is 11.5 Å². The highest BCUT2D eigenvalue weighted by atomic mass is 16.5. The molecule has 2 saturated heterocycles. The minimum Gasteiger partial charge on any atom is -0.496 e. The third kappa shape index (κ3) is 3.72. The SMILES string of the molecule is COc1cc2c(cc1-c1ccc(N3CCN(C)CC3)nc1)NC(=O)C21CCN(C(C)=O)CC1. The van der Waals surface area contributed by atoms with E-state index in [1.165, 1.54) is 0 Å². The number of benzene rings is 1. The lowest BCUT2D eigenvalue weighted by Crippen LogP contribution is -2.47. The van der Waals surface area contributed by atoms with Gasteiger partial charge in [0.25, 0.3) is 0 Å². The Morgan fingerprint density at radius 2 is 1.82 bits per heavy atom. The van der Waals surface area contributed by atoms with E-state index in [0.29, 0.717) is 25.9 Å². The number of hydrogen-bond acceptors (Lipinski definition) is 6. The first-order valence-corrected chi connectivity index (χ1v) is 11.6. The molecule has 3 aliphatic rings. The highest BCUT2D eigenvalue weighted by molar-refractivity contribution is 6.07. The molecule has 1 N–H and O–H groups in total. The van der Waals surface area contributed by atoms with Crippen LogP contribution < -0.4 is 15.0 Å². The summed E-state index contributed by atoms with van der Waals surface area (Å²) in [5.41, 5.74) is 3.06. The fraction of sp³-hybridized carbons (Fsp3) is 0.480. The Bertz CT molecular complexity index is 1070. The summed E-state index contributed by atoms with van der Waals surface area (Å²) in [6, 6.07) is 8.14. The van der Waals surface area contributed by atoms with Crippen molar-refractivity contribution in [2.24, 2.45) is 0 Å². The van der Waals surface area contributed by atoms with Gasteiger partial charge in [-0.1, -0.05) is 0 Å². The highest BCUT2D eigenvalue weighted by Crippen LogP contribution is 2.48. The molecule has 8 heteroatoms. The van der Waals surface area contributed by atoms with Gasteiger partial charge in [0.2, 0.25) is 11.8 Å². The van der Waals surface area contributed by atoms with Crippen LogP contribution >= 0.6 is 0 Å². The molecule has 0 aliphatic carbocycles. The Labute approximate surface area is 194 Å². The van der Waals surface area contributed by atoms with E-state index in [0.717, 1.165) is 60.1 Å². The summed E-state index contributed by atoms with van der Waals surface area (Å²) in [5, 5.41) is 3.10. The number of carbonyl (C=O) groups is 2. The average molecular weight is 450 g/mol. The summed E-state index contributed by atoms with van der Waals surface area (Å²) in [4.78, 5) is 36.0. The number of piperidine rings is 1. The van der Waals surface area contributed by atoms with E-state index in [-0.39, 0.29) is 11.8 Å². The Morgan fingerprint density at radius 1 is 1.09 bits per heavy atom. The van der Waals surface area contributed by atoms with E-state index >= 15 is 0 Å². The molecule has 0 saturated carbocycles. The standard InChI is InChI=1S/C25H31N5O3/c1-17(31)29-8-6-25(7-9-29)20-15-22(33-3)19(14-21(20)27-24(25)32)18-4-5-23(26-16-18)30-12-10-28(2)11-13-30/h4-5,14-16H,6-13H2,1-3H3,(H,27,32). The third-order valence-electron chi connectivity index (χ3n) is 7.49. The second-order valence-corrected chi connectivity index (χ2v) is 9.34. The van der Waals surface area contributed by atoms with Gasteiger partial charge in [0.15, 0.2) is 0 Å². The van der Waals surface area contributed by atoms with Gasteiger partial charge in [-0.3, -0.25) is 9.59 Å². The number of hydrogen-bond donors (Lipinski definition) is 1. The van der Waals surface area contributed by atoms with Crippen LogP contribution in [0, 0.1) is 0 Å². The van der Waals surface area contributed by atoms with Gasteiger partial charge in [0.05, 0.1) is 12.5 Å². The molecule has 0 atom stereocenters. The molecule has 0 unspecified atom stereocenters. The summed E-state index contributed by atoms with van der Waals surface area (Å²) < 4.78 is 5.76. The van der Waals surface area contributed by atoms with Gasteiger partial charge in [0.1, 0.15) is 11.6 Å². The molecule has 33 heavy (non-hydrogen) atoms. The van der Waals surface area contributed by atoms with Crippen LogP contribution in [-0.2, 0) is 15.0 Å². The van der Waals surface area contributed by atoms with Crippen LogP contribution in [0.15, 0.2) is 30.5 Å². The number of rotatable bonds is 3. The maximum absolute atomic E-state index is 13.1. The van der Waals surface area contributed by atoms with Gasteiger partial charge >= 0.3 is 0 Å². The molecule has 1 aromatic carbocycles. The molecule has 8 nitrogen and oxygen atoms in total. The van der Waals surface area contributed by atoms with Crippen molar-refractivity contribution >= 4 is 23.3 Å². The van der Waals surface area contributed by atoms with E-state index in [1.54, 1.807) is 14.0 Å². The number of aromatic nitrogens is 1. The third-order valence-corrected chi connectivity index (χ3v) is 7.49. The molecular weight excluding hydrogens is 418 g/mol. The Balaban J connectivity index is 1.44. The normalized spacial score (nSPS) is 20.0. The van der Waals surface area contributed by atoms with Crippen LogP contribution in [0.1, 0.15) is 25.3 Å². The largest absolute Gasteiger partial charge is 0.496 e. The number of likely N-dealkylation sites (N-methyl/N-ethyl adjacent to an activating group) is 1. The molecule has 1 aromatic heterocycles. The van der Waals surface area contributed by atoms with Crippen LogP contribution in [-0.4, -0.2) is 80.0 Å². The number of pyridine rings is 1. The maximum atomic E-state index is 13.1. The topological polar surface area (TPSA) is 78.0 Å². The lowest BCUT2D eigenvalue weighted by atomic mass is 9.73. The molecule has 1 spiro atoms. The minimum absolute atomic E-state index is 0.0171. The lowest BCUT2D eigenvalue weighted by Gasteiger charge is -2.37. The van der Waals surface area contributed by atoms with E-state index in [2.05, 4.69) is 34.3 Å². The van der Waals surface area contributed by atoms with Crippen molar-refractivity contribution in [1.82, 2.24) is 14.8 Å². The minimum atomic E-state index is -0.601. The highest BCUT2D eigenvalue weighted by Gasteiger charge is 2.49. The summed E-state index contributed by atoms with van der Waals surface area (Å²) in [5.74, 6) is 1.79. The fourth-order valence-electron chi connectivity index (χ4n) is 5.31. The number of anilines is 2. The number of nitrogens with zero attached hydrogens (tertiary/aromatic N) is 4. The number of nitrogens with one attached hydrogen (secondary N) is 1. The summed E-state index contributed by atoms with van der Waals surface area (Å²) in [7, 11) is 3.80. The molecule has 3 aliphatic heterocycles. The molecule has 4 heterocycles. The molecule has 2 amide bonds. The van der Waals surface area contributed by atoms with Crippen molar-refractivity contribution in [2.75, 3.05) is 63.6 Å². The van der Waals surface area contributed by atoms with Gasteiger partial charge in [-0.05, 0) is 49.7 Å². The Morgan fingerprint density at radius 3 is 2.42 bits per heavy atom. The summed E-state index contributed by atoms with van der Waals surface area (Å²) in [6.07, 6.45) is 3.13. The van der Waals surface area contributed by atoms with Crippen LogP contribution in [0.2, 0.25) is 0 Å². The molecule has 5 rings (SSSR count). The number of piperazine rings is 1. The number of likely N-dealkylation sites (tertiary alicyclic amines) is 1. The van der Waals surface area contributed by atoms with Crippen molar-refractivity contribution in [1.29, 1.82) is 0 Å². The van der Waals surface area contributed by atoms with Crippen LogP contribution in [0.5, 0.6) is 5.75 Å². The number of fused-ring (bicyclic) bond motifs is 2. The first-order chi connectivity index (χ1) is 15.9. The van der Waals surface area contributed by atoms with Crippen molar-refractivity contribution in [3.63, 3.8) is 0 Å². The average Bonchev–Trinajstić information content (AvgIpc) is 3.09. The number of ether oxygens (including phenoxy) is 1. The van der Waals surface area contributed by atoms with Crippen molar-refractivity contribution in [2.45, 2.75) is 25.2 Å². The number of amides is 2. The van der Waals surface area contributed by atoms with Gasteiger partial charge in [-0.25, -0.2) is 4.98 Å². The first-order valence-electron chi connectivity index (χ1n) is 11.6. The van der Waals surface area contributed by atoms with Gasteiger partial charge in [0, 0.05) is 69.2 Å². The maximum Gasteiger partial charge on any atom is 0.235 e. The van der Waals surface area contributed by atoms with Crippen LogP contribution in [0.25, 0.3) is 11.1 Å². The predicted molar refractivity (Wildman–Crippen MR) is 128 cm³/mol. The molecule has 0 radical (unpaired) electrons. The molecule has 2 aromatic rings. The molecule has 2 fully saturated rings. The predicted octanol–water partition coefficient (Wildman–Crippen LogP) is 2.34. The molecule has 174 valence electrons. The zero-order valence-corrected chi connectivity index (χ0v) is 19.6. The van der Waals surface area contributed by atoms with Gasteiger partial charge in [-0.2, -0.15) is 0 Å². The zero-order chi connectivity index (χ0) is 23.2. The summed E-state index contributed by atoms with van der Waals surface area (Å²) >= 11 is 0. The number of methoxy groups -OCH3 is 1. The van der Waals surface area contributed by atoms with Gasteiger partial charge < -0.3 is 24.8 Å². The number of carbonyl (C=O) groups excluding carboxylic acids is 2. The van der Waals surface area contributed by atoms with Crippen molar-refractivity contribution in [3.05, 3.63) is 36.0 Å². The lowest BCUT2D eigenvalue weighted by molar-refractivity contribution is -0.133. The monoisotopic (exact) mass is 449 g/mol. The summed E-state index contributed by atoms with van der Waals surface area (Å²) in [6.45, 7) is 6.77. The van der Waals surface area contributed by atoms with E-state index in [9.17, 15) is 9.59 Å². The van der Waals surface area contributed by atoms with E-state index in [1.807, 2.05) is 23.2 Å². The molecular formula is C25H31N5O3. The smallest absolute Gasteiger partial charge is 0.235 e. The quantitative estimate of drug-likeness (QED) is 0.775. The first kappa shape index (κ1) is 21.7. The van der Waals surface area contributed by atoms with E-state index in [4.69, 9.17) is 9.72 Å². The zero-order valence-electron chi connectivity index (χ0n) is 19.6. The Kier molecular flexibility index (Phi) is 5.48. The van der Waals surface area contributed by atoms with Crippen LogP contribution in [0.3, 0.4) is 0 Å². The Hall–Kier alpha value is -3.13. The molecule has 0 bridgehead atoms. The van der Waals surface area contributed by atoms with Crippen molar-refractivity contribution < 1.29 is 14.3 Å². The van der Waals surface area contributed by atoms with Crippen molar-refractivity contribution in [3.8, 4) is 16.9 Å². The van der Waals surface area contributed by atoms with Gasteiger partial charge in [-0.15, -0.1) is 0 Å². The van der Waals surface area contributed by atoms with E-state index < -0.39 is 5.41 Å². The second-order valence-electron chi connectivity index (χ2n) is 9.34.